The zero-order valence-electron chi connectivity index (χ0n) is 17.6. The van der Waals surface area contributed by atoms with Crippen LogP contribution in [-0.2, 0) is 11.3 Å². The lowest BCUT2D eigenvalue weighted by molar-refractivity contribution is -0.124. The summed E-state index contributed by atoms with van der Waals surface area (Å²) in [7, 11) is 3.79. The Morgan fingerprint density at radius 2 is 2.00 bits per heavy atom. The van der Waals surface area contributed by atoms with Crippen LogP contribution in [0.4, 0.5) is 0 Å². The van der Waals surface area contributed by atoms with Crippen LogP contribution < -0.4 is 14.8 Å². The van der Waals surface area contributed by atoms with Gasteiger partial charge in [0.1, 0.15) is 12.7 Å². The van der Waals surface area contributed by atoms with E-state index in [1.165, 1.54) is 12.0 Å². The van der Waals surface area contributed by atoms with Gasteiger partial charge < -0.3 is 24.8 Å². The van der Waals surface area contributed by atoms with E-state index in [2.05, 4.69) is 28.2 Å². The van der Waals surface area contributed by atoms with E-state index in [4.69, 9.17) is 9.47 Å². The molecule has 1 unspecified atom stereocenters. The van der Waals surface area contributed by atoms with Gasteiger partial charge in [-0.2, -0.15) is 0 Å². The van der Waals surface area contributed by atoms with Gasteiger partial charge >= 0.3 is 0 Å². The molecular formula is C21H34N4O4. The number of benzene rings is 1. The number of methoxy groups -OCH3 is 1. The van der Waals surface area contributed by atoms with Crippen LogP contribution in [0.25, 0.3) is 0 Å². The van der Waals surface area contributed by atoms with Crippen LogP contribution in [0.3, 0.4) is 0 Å². The summed E-state index contributed by atoms with van der Waals surface area (Å²) in [6.45, 7) is 7.50. The average Bonchev–Trinajstić information content (AvgIpc) is 2.90. The summed E-state index contributed by atoms with van der Waals surface area (Å²) in [5.41, 5.74) is 1.17. The van der Waals surface area contributed by atoms with Gasteiger partial charge in [-0.1, -0.05) is 6.07 Å². The second-order valence-electron chi connectivity index (χ2n) is 7.97. The number of hydrogen-bond acceptors (Lipinski definition) is 7. The van der Waals surface area contributed by atoms with Gasteiger partial charge in [0.15, 0.2) is 11.5 Å². The Hall–Kier alpha value is -1.87. The molecule has 162 valence electrons. The number of likely N-dealkylation sites (N-methyl/N-ethyl adjacent to an activating group) is 1. The monoisotopic (exact) mass is 406 g/mol. The van der Waals surface area contributed by atoms with E-state index in [9.17, 15) is 9.90 Å². The lowest BCUT2D eigenvalue weighted by Gasteiger charge is -2.28. The molecule has 1 aromatic rings. The van der Waals surface area contributed by atoms with Gasteiger partial charge in [0.25, 0.3) is 0 Å². The van der Waals surface area contributed by atoms with Crippen molar-refractivity contribution in [3.05, 3.63) is 23.8 Å². The van der Waals surface area contributed by atoms with Gasteiger partial charge in [0.05, 0.1) is 13.7 Å². The van der Waals surface area contributed by atoms with Gasteiger partial charge in [-0.15, -0.1) is 0 Å². The number of nitrogens with zero attached hydrogens (tertiary/aromatic N) is 3. The van der Waals surface area contributed by atoms with Crippen LogP contribution >= 0.6 is 0 Å². The molecule has 1 aromatic carbocycles. The Balaban J connectivity index is 1.54. The van der Waals surface area contributed by atoms with Crippen molar-refractivity contribution in [2.75, 3.05) is 73.1 Å². The molecule has 2 saturated heterocycles. The molecule has 2 aliphatic heterocycles. The van der Waals surface area contributed by atoms with Gasteiger partial charge in [-0.3, -0.25) is 14.6 Å². The topological polar surface area (TPSA) is 77.5 Å². The van der Waals surface area contributed by atoms with E-state index in [1.54, 1.807) is 7.11 Å². The lowest BCUT2D eigenvalue weighted by atomic mass is 10.2. The van der Waals surface area contributed by atoms with E-state index in [0.717, 1.165) is 39.3 Å². The first kappa shape index (κ1) is 21.8. The highest BCUT2D eigenvalue weighted by Gasteiger charge is 2.20. The largest absolute Gasteiger partial charge is 0.493 e. The van der Waals surface area contributed by atoms with Crippen molar-refractivity contribution < 1.29 is 19.4 Å². The number of piperazine rings is 1. The molecule has 2 aliphatic rings. The first-order valence-electron chi connectivity index (χ1n) is 10.4. The average molecular weight is 407 g/mol. The molecule has 2 N–H and O–H groups in total. The third-order valence-electron chi connectivity index (χ3n) is 5.46. The van der Waals surface area contributed by atoms with Crippen LogP contribution in [0.1, 0.15) is 12.0 Å². The van der Waals surface area contributed by atoms with E-state index in [0.29, 0.717) is 31.1 Å². The highest BCUT2D eigenvalue weighted by Crippen LogP contribution is 2.29. The summed E-state index contributed by atoms with van der Waals surface area (Å²) < 4.78 is 11.3. The second-order valence-corrected chi connectivity index (χ2v) is 7.97. The van der Waals surface area contributed by atoms with Gasteiger partial charge in [0, 0.05) is 39.3 Å². The minimum atomic E-state index is -0.671. The predicted octanol–water partition coefficient (Wildman–Crippen LogP) is 0.00420. The molecule has 1 atom stereocenters. The SMILES string of the molecule is COc1ccc(CN2CCCN(C)CC2)cc1OCC(O)CN1CCNC(=O)C1. The minimum Gasteiger partial charge on any atom is -0.493 e. The summed E-state index contributed by atoms with van der Waals surface area (Å²) in [6, 6.07) is 6.01. The quantitative estimate of drug-likeness (QED) is 0.630. The van der Waals surface area contributed by atoms with E-state index >= 15 is 0 Å². The predicted molar refractivity (Wildman–Crippen MR) is 111 cm³/mol. The zero-order valence-corrected chi connectivity index (χ0v) is 17.6. The van der Waals surface area contributed by atoms with Crippen molar-refractivity contribution in [3.8, 4) is 11.5 Å². The third kappa shape index (κ3) is 6.85. The number of amides is 1. The molecule has 2 heterocycles. The molecular weight excluding hydrogens is 372 g/mol. The first-order chi connectivity index (χ1) is 14.0. The Kier molecular flexibility index (Phi) is 8.11. The van der Waals surface area contributed by atoms with Gasteiger partial charge in [-0.25, -0.2) is 0 Å². The molecule has 1 amide bonds. The van der Waals surface area contributed by atoms with E-state index < -0.39 is 6.10 Å². The van der Waals surface area contributed by atoms with Crippen LogP contribution in [0.2, 0.25) is 0 Å². The van der Waals surface area contributed by atoms with E-state index in [1.807, 2.05) is 17.0 Å². The third-order valence-corrected chi connectivity index (χ3v) is 5.46. The maximum absolute atomic E-state index is 11.5. The fourth-order valence-corrected chi connectivity index (χ4v) is 3.83. The number of rotatable bonds is 8. The fourth-order valence-electron chi connectivity index (χ4n) is 3.83. The molecule has 0 radical (unpaired) electrons. The molecule has 2 fully saturated rings. The standard InChI is InChI=1S/C21H34N4O4/c1-23-7-3-8-24(11-10-23)13-17-4-5-19(28-2)20(12-17)29-16-18(26)14-25-9-6-22-21(27)15-25/h4-5,12,18,26H,3,6-11,13-16H2,1-2H3,(H,22,27). The highest BCUT2D eigenvalue weighted by molar-refractivity contribution is 5.78. The molecule has 29 heavy (non-hydrogen) atoms. The van der Waals surface area contributed by atoms with Gasteiger partial charge in [0.2, 0.25) is 5.91 Å². The normalized spacial score (nSPS) is 20.7. The van der Waals surface area contributed by atoms with Crippen molar-refractivity contribution in [1.29, 1.82) is 0 Å². The van der Waals surface area contributed by atoms with Crippen molar-refractivity contribution in [2.24, 2.45) is 0 Å². The summed E-state index contributed by atoms with van der Waals surface area (Å²) >= 11 is 0. The number of hydrogen-bond donors (Lipinski definition) is 2. The Bertz CT molecular complexity index is 672. The number of nitrogens with one attached hydrogen (secondary N) is 1. The molecule has 0 saturated carbocycles. The van der Waals surface area contributed by atoms with Crippen LogP contribution in [0.5, 0.6) is 11.5 Å². The van der Waals surface area contributed by atoms with Crippen molar-refractivity contribution in [2.45, 2.75) is 19.1 Å². The minimum absolute atomic E-state index is 0.00144. The molecule has 8 heteroatoms. The van der Waals surface area contributed by atoms with Gasteiger partial charge in [-0.05, 0) is 44.3 Å². The number of ether oxygens (including phenoxy) is 2. The number of carbonyl (C=O) groups excluding carboxylic acids is 1. The van der Waals surface area contributed by atoms with Crippen LogP contribution in [0.15, 0.2) is 18.2 Å². The van der Waals surface area contributed by atoms with Crippen molar-refractivity contribution in [3.63, 3.8) is 0 Å². The van der Waals surface area contributed by atoms with Crippen molar-refractivity contribution >= 4 is 5.91 Å². The maximum atomic E-state index is 11.5. The summed E-state index contributed by atoms with van der Waals surface area (Å²) in [6.07, 6.45) is 0.506. The zero-order chi connectivity index (χ0) is 20.6. The fraction of sp³-hybridized carbons (Fsp3) is 0.667. The summed E-state index contributed by atoms with van der Waals surface area (Å²) in [5, 5.41) is 13.1. The van der Waals surface area contributed by atoms with Crippen molar-refractivity contribution in [1.82, 2.24) is 20.0 Å². The highest BCUT2D eigenvalue weighted by atomic mass is 16.5. The molecule has 0 aromatic heterocycles. The molecule has 3 rings (SSSR count). The molecule has 0 aliphatic carbocycles. The molecule has 8 nitrogen and oxygen atoms in total. The van der Waals surface area contributed by atoms with Crippen LogP contribution in [-0.4, -0.2) is 105 Å². The smallest absolute Gasteiger partial charge is 0.234 e. The van der Waals surface area contributed by atoms with Crippen LogP contribution in [0, 0.1) is 0 Å². The number of aliphatic hydroxyl groups is 1. The number of aliphatic hydroxyl groups excluding tert-OH is 1. The Morgan fingerprint density at radius 3 is 2.79 bits per heavy atom. The Labute approximate surface area is 173 Å². The second kappa shape index (κ2) is 10.8. The Morgan fingerprint density at radius 1 is 1.14 bits per heavy atom. The maximum Gasteiger partial charge on any atom is 0.234 e. The lowest BCUT2D eigenvalue weighted by Crippen LogP contribution is -2.50. The number of carbonyl (C=O) groups is 1. The summed E-state index contributed by atoms with van der Waals surface area (Å²) in [5.74, 6) is 1.31. The molecule has 0 spiro atoms. The molecule has 0 bridgehead atoms. The summed E-state index contributed by atoms with van der Waals surface area (Å²) in [4.78, 5) is 18.2. The van der Waals surface area contributed by atoms with E-state index in [-0.39, 0.29) is 12.5 Å². The first-order valence-corrected chi connectivity index (χ1v) is 10.4. The number of β-amino-alcohol motifs (C(OH)–C–C–N with tert-alkyl or cyclic N) is 1.